The van der Waals surface area contributed by atoms with Crippen molar-refractivity contribution in [2.45, 2.75) is 19.8 Å². The standard InChI is InChI=1S/C12H14O3/c1-9(12(14)15)3-2-4-10-5-7-11(13)8-6-10/h3,5-8,13H,2,4H2,1H3,(H,14,15)/b9-3+. The normalized spacial score (nSPS) is 11.4. The van der Waals surface area contributed by atoms with E-state index in [4.69, 9.17) is 10.2 Å². The highest BCUT2D eigenvalue weighted by molar-refractivity contribution is 5.85. The Morgan fingerprint density at radius 1 is 1.33 bits per heavy atom. The second-order valence-corrected chi connectivity index (χ2v) is 3.40. The maximum Gasteiger partial charge on any atom is 0.330 e. The monoisotopic (exact) mass is 206 g/mol. The van der Waals surface area contributed by atoms with E-state index in [9.17, 15) is 4.79 Å². The minimum atomic E-state index is -0.874. The van der Waals surface area contributed by atoms with Gasteiger partial charge in [-0.3, -0.25) is 0 Å². The summed E-state index contributed by atoms with van der Waals surface area (Å²) in [6.07, 6.45) is 3.18. The van der Waals surface area contributed by atoms with Crippen LogP contribution >= 0.6 is 0 Å². The van der Waals surface area contributed by atoms with Crippen molar-refractivity contribution in [3.63, 3.8) is 0 Å². The molecule has 0 spiro atoms. The molecule has 3 heteroatoms. The van der Waals surface area contributed by atoms with Crippen LogP contribution in [0.25, 0.3) is 0 Å². The summed E-state index contributed by atoms with van der Waals surface area (Å²) in [5.74, 6) is -0.628. The maximum atomic E-state index is 10.5. The van der Waals surface area contributed by atoms with Crippen molar-refractivity contribution in [3.8, 4) is 5.75 Å². The van der Waals surface area contributed by atoms with E-state index in [1.165, 1.54) is 0 Å². The SMILES string of the molecule is C/C(=C\CCc1ccc(O)cc1)C(=O)O. The Labute approximate surface area is 88.7 Å². The molecule has 0 fully saturated rings. The van der Waals surface area contributed by atoms with E-state index in [0.717, 1.165) is 12.0 Å². The molecule has 2 N–H and O–H groups in total. The summed E-state index contributed by atoms with van der Waals surface area (Å²) < 4.78 is 0. The van der Waals surface area contributed by atoms with E-state index in [2.05, 4.69) is 0 Å². The number of phenols is 1. The minimum Gasteiger partial charge on any atom is -0.508 e. The molecular formula is C12H14O3. The van der Waals surface area contributed by atoms with E-state index < -0.39 is 5.97 Å². The third-order valence-corrected chi connectivity index (χ3v) is 2.16. The zero-order valence-corrected chi connectivity index (χ0v) is 8.60. The molecule has 80 valence electrons. The number of hydrogen-bond donors (Lipinski definition) is 2. The van der Waals surface area contributed by atoms with Crippen LogP contribution in [0.15, 0.2) is 35.9 Å². The Kier molecular flexibility index (Phi) is 3.92. The van der Waals surface area contributed by atoms with Gasteiger partial charge in [0.1, 0.15) is 5.75 Å². The smallest absolute Gasteiger partial charge is 0.330 e. The van der Waals surface area contributed by atoms with Crippen molar-refractivity contribution < 1.29 is 15.0 Å². The van der Waals surface area contributed by atoms with E-state index in [1.54, 1.807) is 25.1 Å². The molecule has 0 saturated heterocycles. The molecule has 0 aliphatic heterocycles. The van der Waals surface area contributed by atoms with Gasteiger partial charge in [0.25, 0.3) is 0 Å². The summed E-state index contributed by atoms with van der Waals surface area (Å²) in [5.41, 5.74) is 1.45. The second kappa shape index (κ2) is 5.20. The van der Waals surface area contributed by atoms with Crippen molar-refractivity contribution in [1.29, 1.82) is 0 Å². The predicted molar refractivity (Wildman–Crippen MR) is 57.8 cm³/mol. The molecule has 0 unspecified atom stereocenters. The van der Waals surface area contributed by atoms with Crippen molar-refractivity contribution in [2.75, 3.05) is 0 Å². The number of carbonyl (C=O) groups is 1. The number of hydrogen-bond acceptors (Lipinski definition) is 2. The van der Waals surface area contributed by atoms with Crippen LogP contribution in [0.1, 0.15) is 18.9 Å². The fourth-order valence-electron chi connectivity index (χ4n) is 1.21. The van der Waals surface area contributed by atoms with Gasteiger partial charge in [-0.2, -0.15) is 0 Å². The lowest BCUT2D eigenvalue weighted by Crippen LogP contribution is -1.96. The molecule has 0 amide bonds. The van der Waals surface area contributed by atoms with Gasteiger partial charge in [0.2, 0.25) is 0 Å². The van der Waals surface area contributed by atoms with Crippen LogP contribution in [0.3, 0.4) is 0 Å². The zero-order chi connectivity index (χ0) is 11.3. The first-order valence-corrected chi connectivity index (χ1v) is 4.77. The van der Waals surface area contributed by atoms with Gasteiger partial charge in [-0.25, -0.2) is 4.79 Å². The number of allylic oxidation sites excluding steroid dienone is 1. The summed E-state index contributed by atoms with van der Waals surface area (Å²) in [4.78, 5) is 10.5. The van der Waals surface area contributed by atoms with Crippen LogP contribution in [0.5, 0.6) is 5.75 Å². The highest BCUT2D eigenvalue weighted by Gasteiger charge is 1.98. The Morgan fingerprint density at radius 3 is 2.47 bits per heavy atom. The Morgan fingerprint density at radius 2 is 1.93 bits per heavy atom. The third kappa shape index (κ3) is 3.85. The van der Waals surface area contributed by atoms with E-state index in [1.807, 2.05) is 12.1 Å². The summed E-state index contributed by atoms with van der Waals surface area (Å²) in [6, 6.07) is 6.92. The first-order valence-electron chi connectivity index (χ1n) is 4.77. The minimum absolute atomic E-state index is 0.246. The number of aliphatic carboxylic acids is 1. The number of carboxylic acids is 1. The van der Waals surface area contributed by atoms with Gasteiger partial charge < -0.3 is 10.2 Å². The van der Waals surface area contributed by atoms with Gasteiger partial charge >= 0.3 is 5.97 Å². The first kappa shape index (κ1) is 11.3. The number of phenolic OH excluding ortho intramolecular Hbond substituents is 1. The molecule has 0 aliphatic rings. The Balaban J connectivity index is 2.48. The van der Waals surface area contributed by atoms with Crippen LogP contribution in [-0.4, -0.2) is 16.2 Å². The van der Waals surface area contributed by atoms with Gasteiger partial charge in [-0.05, 0) is 37.5 Å². The predicted octanol–water partition coefficient (Wildman–Crippen LogP) is 2.36. The average molecular weight is 206 g/mol. The number of aryl methyl sites for hydroxylation is 1. The van der Waals surface area contributed by atoms with Crippen LogP contribution in [0, 0.1) is 0 Å². The van der Waals surface area contributed by atoms with Gasteiger partial charge in [0, 0.05) is 5.57 Å². The van der Waals surface area contributed by atoms with Crippen molar-refractivity contribution in [2.24, 2.45) is 0 Å². The lowest BCUT2D eigenvalue weighted by molar-refractivity contribution is -0.132. The summed E-state index contributed by atoms with van der Waals surface area (Å²) in [6.45, 7) is 1.58. The third-order valence-electron chi connectivity index (χ3n) is 2.16. The lowest BCUT2D eigenvalue weighted by atomic mass is 10.1. The zero-order valence-electron chi connectivity index (χ0n) is 8.60. The van der Waals surface area contributed by atoms with E-state index in [-0.39, 0.29) is 5.75 Å². The summed E-state index contributed by atoms with van der Waals surface area (Å²) in [5, 5.41) is 17.7. The molecule has 3 nitrogen and oxygen atoms in total. The number of rotatable bonds is 4. The topological polar surface area (TPSA) is 57.5 Å². The fraction of sp³-hybridized carbons (Fsp3) is 0.250. The highest BCUT2D eigenvalue weighted by Crippen LogP contribution is 2.11. The van der Waals surface area contributed by atoms with Crippen LogP contribution in [0.2, 0.25) is 0 Å². The first-order chi connectivity index (χ1) is 7.09. The van der Waals surface area contributed by atoms with Gasteiger partial charge in [-0.1, -0.05) is 18.2 Å². The number of benzene rings is 1. The van der Waals surface area contributed by atoms with Gasteiger partial charge in [0.15, 0.2) is 0 Å². The Bertz CT molecular complexity index is 363. The van der Waals surface area contributed by atoms with E-state index in [0.29, 0.717) is 12.0 Å². The van der Waals surface area contributed by atoms with Crippen molar-refractivity contribution in [3.05, 3.63) is 41.5 Å². The number of aromatic hydroxyl groups is 1. The highest BCUT2D eigenvalue weighted by atomic mass is 16.4. The molecule has 0 aliphatic carbocycles. The molecule has 1 aromatic carbocycles. The fourth-order valence-corrected chi connectivity index (χ4v) is 1.21. The van der Waals surface area contributed by atoms with Crippen LogP contribution in [0.4, 0.5) is 0 Å². The Hall–Kier alpha value is -1.77. The van der Waals surface area contributed by atoms with Gasteiger partial charge in [0.05, 0.1) is 0 Å². The molecular weight excluding hydrogens is 192 g/mol. The maximum absolute atomic E-state index is 10.5. The average Bonchev–Trinajstić information content (AvgIpc) is 2.20. The van der Waals surface area contributed by atoms with Crippen molar-refractivity contribution >= 4 is 5.97 Å². The molecule has 0 saturated carbocycles. The molecule has 0 bridgehead atoms. The van der Waals surface area contributed by atoms with Gasteiger partial charge in [-0.15, -0.1) is 0 Å². The van der Waals surface area contributed by atoms with E-state index >= 15 is 0 Å². The lowest BCUT2D eigenvalue weighted by Gasteiger charge is -1.99. The number of carboxylic acid groups (broad SMARTS) is 1. The van der Waals surface area contributed by atoms with Crippen LogP contribution in [-0.2, 0) is 11.2 Å². The molecule has 0 radical (unpaired) electrons. The molecule has 1 rings (SSSR count). The molecule has 0 heterocycles. The molecule has 0 aromatic heterocycles. The van der Waals surface area contributed by atoms with Crippen LogP contribution < -0.4 is 0 Å². The summed E-state index contributed by atoms with van der Waals surface area (Å²) in [7, 11) is 0. The largest absolute Gasteiger partial charge is 0.508 e. The second-order valence-electron chi connectivity index (χ2n) is 3.40. The van der Waals surface area contributed by atoms with Crippen molar-refractivity contribution in [1.82, 2.24) is 0 Å². The molecule has 15 heavy (non-hydrogen) atoms. The quantitative estimate of drug-likeness (QED) is 0.743. The summed E-state index contributed by atoms with van der Waals surface area (Å²) >= 11 is 0. The molecule has 1 aromatic rings. The molecule has 0 atom stereocenters.